The van der Waals surface area contributed by atoms with E-state index in [-0.39, 0.29) is 5.91 Å². The molecule has 0 bridgehead atoms. The van der Waals surface area contributed by atoms with Crippen LogP contribution in [0.4, 0.5) is 4.79 Å². The Labute approximate surface area is 89.2 Å². The lowest BCUT2D eigenvalue weighted by molar-refractivity contribution is -0.120. The third kappa shape index (κ3) is 4.26. The number of nitrogens with zero attached hydrogens (tertiary/aromatic N) is 1. The number of hydrogen-bond donors (Lipinski definition) is 3. The SMILES string of the molecule is C[C@H]1CNCCN1CCC(=O)NC(N)=O. The summed E-state index contributed by atoms with van der Waals surface area (Å²) in [5, 5.41) is 5.32. The molecule has 0 radical (unpaired) electrons. The summed E-state index contributed by atoms with van der Waals surface area (Å²) in [5.74, 6) is -0.312. The molecule has 1 heterocycles. The van der Waals surface area contributed by atoms with Crippen LogP contribution in [-0.4, -0.2) is 49.1 Å². The second-order valence-corrected chi connectivity index (χ2v) is 3.75. The molecule has 1 aliphatic rings. The van der Waals surface area contributed by atoms with Gasteiger partial charge in [-0.2, -0.15) is 0 Å². The number of rotatable bonds is 3. The van der Waals surface area contributed by atoms with E-state index in [2.05, 4.69) is 22.5 Å². The fourth-order valence-corrected chi connectivity index (χ4v) is 1.66. The maximum absolute atomic E-state index is 11.1. The molecule has 1 saturated heterocycles. The normalized spacial score (nSPS) is 22.3. The Kier molecular flexibility index (Phi) is 4.51. The molecule has 0 aromatic heterocycles. The molecule has 86 valence electrons. The topological polar surface area (TPSA) is 87.5 Å². The zero-order valence-corrected chi connectivity index (χ0v) is 8.95. The van der Waals surface area contributed by atoms with Crippen molar-refractivity contribution in [1.29, 1.82) is 0 Å². The molecule has 3 amide bonds. The Morgan fingerprint density at radius 3 is 2.93 bits per heavy atom. The van der Waals surface area contributed by atoms with Crippen LogP contribution in [0, 0.1) is 0 Å². The molecule has 1 fully saturated rings. The second kappa shape index (κ2) is 5.67. The highest BCUT2D eigenvalue weighted by atomic mass is 16.2. The van der Waals surface area contributed by atoms with E-state index in [1.807, 2.05) is 0 Å². The minimum Gasteiger partial charge on any atom is -0.351 e. The predicted octanol–water partition coefficient (Wildman–Crippen LogP) is -1.13. The number of carbonyl (C=O) groups excluding carboxylic acids is 2. The quantitative estimate of drug-likeness (QED) is 0.554. The van der Waals surface area contributed by atoms with Crippen molar-refractivity contribution in [3.05, 3.63) is 0 Å². The highest BCUT2D eigenvalue weighted by molar-refractivity contribution is 5.93. The third-order valence-corrected chi connectivity index (χ3v) is 2.53. The minimum absolute atomic E-state index is 0.312. The van der Waals surface area contributed by atoms with Gasteiger partial charge in [0, 0.05) is 38.6 Å². The van der Waals surface area contributed by atoms with Gasteiger partial charge in [-0.25, -0.2) is 4.79 Å². The number of imide groups is 1. The van der Waals surface area contributed by atoms with Gasteiger partial charge in [0.25, 0.3) is 0 Å². The first-order valence-corrected chi connectivity index (χ1v) is 5.13. The van der Waals surface area contributed by atoms with E-state index in [1.165, 1.54) is 0 Å². The lowest BCUT2D eigenvalue weighted by atomic mass is 10.2. The maximum Gasteiger partial charge on any atom is 0.318 e. The van der Waals surface area contributed by atoms with Crippen molar-refractivity contribution in [2.24, 2.45) is 5.73 Å². The molecule has 0 spiro atoms. The van der Waals surface area contributed by atoms with Crippen molar-refractivity contribution in [3.8, 4) is 0 Å². The molecule has 0 unspecified atom stereocenters. The van der Waals surface area contributed by atoms with Crippen LogP contribution < -0.4 is 16.4 Å². The van der Waals surface area contributed by atoms with Gasteiger partial charge in [0.1, 0.15) is 0 Å². The number of urea groups is 1. The van der Waals surface area contributed by atoms with Gasteiger partial charge in [-0.1, -0.05) is 0 Å². The zero-order chi connectivity index (χ0) is 11.3. The van der Waals surface area contributed by atoms with Gasteiger partial charge >= 0.3 is 6.03 Å². The van der Waals surface area contributed by atoms with E-state index in [0.717, 1.165) is 19.6 Å². The smallest absolute Gasteiger partial charge is 0.318 e. The number of amides is 3. The Hall–Kier alpha value is -1.14. The van der Waals surface area contributed by atoms with E-state index < -0.39 is 6.03 Å². The molecule has 15 heavy (non-hydrogen) atoms. The number of nitrogens with two attached hydrogens (primary N) is 1. The monoisotopic (exact) mass is 214 g/mol. The van der Waals surface area contributed by atoms with E-state index in [4.69, 9.17) is 5.73 Å². The number of carbonyl (C=O) groups is 2. The van der Waals surface area contributed by atoms with Crippen molar-refractivity contribution in [3.63, 3.8) is 0 Å². The highest BCUT2D eigenvalue weighted by Gasteiger charge is 2.18. The summed E-state index contributed by atoms with van der Waals surface area (Å²) >= 11 is 0. The molecule has 0 aromatic rings. The average Bonchev–Trinajstić information content (AvgIpc) is 2.15. The molecular weight excluding hydrogens is 196 g/mol. The molecule has 6 heteroatoms. The molecule has 1 rings (SSSR count). The van der Waals surface area contributed by atoms with E-state index in [9.17, 15) is 9.59 Å². The lowest BCUT2D eigenvalue weighted by Gasteiger charge is -2.33. The van der Waals surface area contributed by atoms with Crippen LogP contribution in [0.3, 0.4) is 0 Å². The molecular formula is C9H18N4O2. The summed E-state index contributed by atoms with van der Waals surface area (Å²) in [5.41, 5.74) is 4.83. The first-order valence-electron chi connectivity index (χ1n) is 5.13. The van der Waals surface area contributed by atoms with Gasteiger partial charge in [0.05, 0.1) is 0 Å². The van der Waals surface area contributed by atoms with Gasteiger partial charge < -0.3 is 11.1 Å². The summed E-state index contributed by atoms with van der Waals surface area (Å²) < 4.78 is 0. The van der Waals surface area contributed by atoms with Gasteiger partial charge in [-0.05, 0) is 6.92 Å². The Morgan fingerprint density at radius 2 is 2.33 bits per heavy atom. The summed E-state index contributed by atoms with van der Waals surface area (Å²) in [4.78, 5) is 23.8. The Bertz CT molecular complexity index is 244. The Morgan fingerprint density at radius 1 is 1.60 bits per heavy atom. The third-order valence-electron chi connectivity index (χ3n) is 2.53. The van der Waals surface area contributed by atoms with E-state index in [1.54, 1.807) is 0 Å². The van der Waals surface area contributed by atoms with Crippen LogP contribution in [-0.2, 0) is 4.79 Å². The average molecular weight is 214 g/mol. The molecule has 0 aliphatic carbocycles. The Balaban J connectivity index is 2.23. The molecule has 0 aromatic carbocycles. The molecule has 0 saturated carbocycles. The van der Waals surface area contributed by atoms with Gasteiger partial charge in [-0.3, -0.25) is 15.0 Å². The maximum atomic E-state index is 11.1. The van der Waals surface area contributed by atoms with Crippen LogP contribution in [0.15, 0.2) is 0 Å². The van der Waals surface area contributed by atoms with Crippen molar-refractivity contribution >= 4 is 11.9 Å². The fraction of sp³-hybridized carbons (Fsp3) is 0.778. The summed E-state index contributed by atoms with van der Waals surface area (Å²) in [6.45, 7) is 5.60. The van der Waals surface area contributed by atoms with Crippen LogP contribution >= 0.6 is 0 Å². The van der Waals surface area contributed by atoms with Crippen molar-refractivity contribution in [2.45, 2.75) is 19.4 Å². The number of hydrogen-bond acceptors (Lipinski definition) is 4. The molecule has 6 nitrogen and oxygen atoms in total. The molecule has 1 atom stereocenters. The number of primary amides is 1. The van der Waals surface area contributed by atoms with Crippen molar-refractivity contribution < 1.29 is 9.59 Å². The summed E-state index contributed by atoms with van der Waals surface area (Å²) in [6.07, 6.45) is 0.313. The standard InChI is InChI=1S/C9H18N4O2/c1-7-6-11-3-5-13(7)4-2-8(14)12-9(10)15/h7,11H,2-6H2,1H3,(H3,10,12,14,15)/t7-/m0/s1. The van der Waals surface area contributed by atoms with Gasteiger partial charge in [-0.15, -0.1) is 0 Å². The second-order valence-electron chi connectivity index (χ2n) is 3.75. The van der Waals surface area contributed by atoms with Crippen LogP contribution in [0.1, 0.15) is 13.3 Å². The first kappa shape index (κ1) is 11.9. The molecule has 1 aliphatic heterocycles. The first-order chi connectivity index (χ1) is 7.09. The van der Waals surface area contributed by atoms with Crippen molar-refractivity contribution in [1.82, 2.24) is 15.5 Å². The summed E-state index contributed by atoms with van der Waals surface area (Å²) in [7, 11) is 0. The largest absolute Gasteiger partial charge is 0.351 e. The molecule has 4 N–H and O–H groups in total. The van der Waals surface area contributed by atoms with E-state index in [0.29, 0.717) is 19.0 Å². The summed E-state index contributed by atoms with van der Waals surface area (Å²) in [6, 6.07) is -0.353. The van der Waals surface area contributed by atoms with Gasteiger partial charge in [0.2, 0.25) is 5.91 Å². The lowest BCUT2D eigenvalue weighted by Crippen LogP contribution is -2.50. The van der Waals surface area contributed by atoms with Crippen LogP contribution in [0.5, 0.6) is 0 Å². The van der Waals surface area contributed by atoms with Crippen LogP contribution in [0.2, 0.25) is 0 Å². The predicted molar refractivity (Wildman–Crippen MR) is 56.2 cm³/mol. The van der Waals surface area contributed by atoms with Crippen LogP contribution in [0.25, 0.3) is 0 Å². The minimum atomic E-state index is -0.784. The zero-order valence-electron chi connectivity index (χ0n) is 8.95. The number of nitrogens with one attached hydrogen (secondary N) is 2. The highest BCUT2D eigenvalue weighted by Crippen LogP contribution is 2.02. The van der Waals surface area contributed by atoms with E-state index >= 15 is 0 Å². The number of piperazine rings is 1. The fourth-order valence-electron chi connectivity index (χ4n) is 1.66. The van der Waals surface area contributed by atoms with Gasteiger partial charge in [0.15, 0.2) is 0 Å². The van der Waals surface area contributed by atoms with Crippen molar-refractivity contribution in [2.75, 3.05) is 26.2 Å².